The molecule has 19 heavy (non-hydrogen) atoms. The van der Waals surface area contributed by atoms with Gasteiger partial charge in [-0.05, 0) is 30.5 Å². The summed E-state index contributed by atoms with van der Waals surface area (Å²) >= 11 is 5.76. The number of rotatable bonds is 6. The smallest absolute Gasteiger partial charge is 0.397 e. The molecule has 0 heterocycles. The highest BCUT2D eigenvalue weighted by molar-refractivity contribution is 6.33. The maximum absolute atomic E-state index is 12.8. The van der Waals surface area contributed by atoms with Crippen LogP contribution in [0.1, 0.15) is 50.2 Å². The van der Waals surface area contributed by atoms with E-state index in [9.17, 15) is 13.2 Å². The summed E-state index contributed by atoms with van der Waals surface area (Å²) in [6.07, 6.45) is 1.47. The van der Waals surface area contributed by atoms with Crippen molar-refractivity contribution in [2.45, 2.75) is 51.6 Å². The van der Waals surface area contributed by atoms with E-state index in [4.69, 9.17) is 17.3 Å². The van der Waals surface area contributed by atoms with E-state index in [2.05, 4.69) is 6.92 Å². The average molecular weight is 294 g/mol. The molecule has 0 atom stereocenters. The zero-order valence-electron chi connectivity index (χ0n) is 11.0. The van der Waals surface area contributed by atoms with E-state index in [1.165, 1.54) is 6.07 Å². The van der Waals surface area contributed by atoms with Crippen LogP contribution in [0.25, 0.3) is 0 Å². The molecule has 1 rings (SSSR count). The number of aryl methyl sites for hydroxylation is 1. The van der Waals surface area contributed by atoms with Crippen LogP contribution in [0.4, 0.5) is 18.9 Å². The maximum atomic E-state index is 12.8. The van der Waals surface area contributed by atoms with Crippen molar-refractivity contribution in [2.75, 3.05) is 5.73 Å². The number of hydrogen-bond donors (Lipinski definition) is 1. The Morgan fingerprint density at radius 2 is 1.74 bits per heavy atom. The van der Waals surface area contributed by atoms with E-state index in [0.717, 1.165) is 38.2 Å². The lowest BCUT2D eigenvalue weighted by molar-refractivity contribution is -0.136. The topological polar surface area (TPSA) is 26.0 Å². The van der Waals surface area contributed by atoms with Crippen LogP contribution < -0.4 is 5.73 Å². The predicted octanol–water partition coefficient (Wildman–Crippen LogP) is 5.45. The summed E-state index contributed by atoms with van der Waals surface area (Å²) in [5, 5.41) is -0.0154. The van der Waals surface area contributed by atoms with Crippen LogP contribution in [0.3, 0.4) is 0 Å². The monoisotopic (exact) mass is 293 g/mol. The Balaban J connectivity index is 2.72. The number of nitrogens with two attached hydrogens (primary N) is 1. The van der Waals surface area contributed by atoms with Crippen molar-refractivity contribution < 1.29 is 13.2 Å². The van der Waals surface area contributed by atoms with Gasteiger partial charge < -0.3 is 5.73 Å². The molecule has 0 aliphatic rings. The molecular weight excluding hydrogens is 275 g/mol. The Bertz CT molecular complexity index is 416. The van der Waals surface area contributed by atoms with Gasteiger partial charge in [0.2, 0.25) is 0 Å². The molecular formula is C14H19ClF3N. The molecule has 108 valence electrons. The second-order valence-corrected chi connectivity index (χ2v) is 5.11. The van der Waals surface area contributed by atoms with Gasteiger partial charge in [0.05, 0.1) is 16.3 Å². The molecule has 0 saturated heterocycles. The van der Waals surface area contributed by atoms with Crippen LogP contribution in [0.5, 0.6) is 0 Å². The fourth-order valence-electron chi connectivity index (χ4n) is 1.99. The van der Waals surface area contributed by atoms with Crippen molar-refractivity contribution >= 4 is 17.3 Å². The predicted molar refractivity (Wildman–Crippen MR) is 73.3 cm³/mol. The summed E-state index contributed by atoms with van der Waals surface area (Å²) in [5.41, 5.74) is 4.76. The van der Waals surface area contributed by atoms with E-state index >= 15 is 0 Å². The number of halogens is 4. The Hall–Kier alpha value is -0.900. The summed E-state index contributed by atoms with van der Waals surface area (Å²) in [6, 6.07) is 2.65. The number of alkyl halides is 3. The lowest BCUT2D eigenvalue weighted by Crippen LogP contribution is -2.10. The third kappa shape index (κ3) is 4.94. The minimum Gasteiger partial charge on any atom is -0.397 e. The molecule has 2 N–H and O–H groups in total. The van der Waals surface area contributed by atoms with Crippen LogP contribution in [0, 0.1) is 0 Å². The summed E-state index contributed by atoms with van der Waals surface area (Å²) in [5.74, 6) is 0. The van der Waals surface area contributed by atoms with Gasteiger partial charge in [-0.15, -0.1) is 0 Å². The van der Waals surface area contributed by atoms with Crippen molar-refractivity contribution in [3.05, 3.63) is 28.3 Å². The zero-order chi connectivity index (χ0) is 14.5. The minimum atomic E-state index is -4.45. The minimum absolute atomic E-state index is 0.0154. The molecule has 0 amide bonds. The molecule has 0 aliphatic carbocycles. The molecule has 0 aliphatic heterocycles. The number of hydrogen-bond acceptors (Lipinski definition) is 1. The first-order chi connectivity index (χ1) is 8.86. The van der Waals surface area contributed by atoms with Gasteiger partial charge in [-0.3, -0.25) is 0 Å². The SMILES string of the molecule is CCCCCCCc1cc(Cl)c(N)c(C(F)(F)F)c1. The highest BCUT2D eigenvalue weighted by Gasteiger charge is 2.34. The summed E-state index contributed by atoms with van der Waals surface area (Å²) in [6.45, 7) is 2.12. The molecule has 0 spiro atoms. The van der Waals surface area contributed by atoms with Crippen LogP contribution in [0.2, 0.25) is 5.02 Å². The Morgan fingerprint density at radius 3 is 2.32 bits per heavy atom. The summed E-state index contributed by atoms with van der Waals surface area (Å²) < 4.78 is 38.3. The molecule has 0 bridgehead atoms. The Labute approximate surface area is 116 Å². The zero-order valence-corrected chi connectivity index (χ0v) is 11.7. The number of anilines is 1. The van der Waals surface area contributed by atoms with Crippen LogP contribution >= 0.6 is 11.6 Å². The fourth-order valence-corrected chi connectivity index (χ4v) is 2.23. The van der Waals surface area contributed by atoms with Gasteiger partial charge in [0.1, 0.15) is 0 Å². The molecule has 0 radical (unpaired) electrons. The van der Waals surface area contributed by atoms with E-state index in [1.807, 2.05) is 0 Å². The first-order valence-corrected chi connectivity index (χ1v) is 6.89. The first-order valence-electron chi connectivity index (χ1n) is 6.51. The van der Waals surface area contributed by atoms with Gasteiger partial charge in [0.25, 0.3) is 0 Å². The quantitative estimate of drug-likeness (QED) is 0.547. The van der Waals surface area contributed by atoms with E-state index < -0.39 is 11.7 Å². The first kappa shape index (κ1) is 16.2. The molecule has 1 nitrogen and oxygen atoms in total. The van der Waals surface area contributed by atoms with Crippen molar-refractivity contribution in [3.8, 4) is 0 Å². The lowest BCUT2D eigenvalue weighted by atomic mass is 10.0. The normalized spacial score (nSPS) is 11.8. The van der Waals surface area contributed by atoms with Crippen LogP contribution in [-0.4, -0.2) is 0 Å². The van der Waals surface area contributed by atoms with Crippen molar-refractivity contribution in [3.63, 3.8) is 0 Å². The molecule has 1 aromatic carbocycles. The maximum Gasteiger partial charge on any atom is 0.418 e. The van der Waals surface area contributed by atoms with E-state index in [1.54, 1.807) is 0 Å². The van der Waals surface area contributed by atoms with Gasteiger partial charge in [-0.1, -0.05) is 44.2 Å². The molecule has 0 aromatic heterocycles. The van der Waals surface area contributed by atoms with Crippen molar-refractivity contribution in [1.82, 2.24) is 0 Å². The second-order valence-electron chi connectivity index (χ2n) is 4.70. The molecule has 5 heteroatoms. The summed E-state index contributed by atoms with van der Waals surface area (Å²) in [4.78, 5) is 0. The van der Waals surface area contributed by atoms with Crippen molar-refractivity contribution in [1.29, 1.82) is 0 Å². The third-order valence-electron chi connectivity index (χ3n) is 3.06. The molecule has 0 saturated carbocycles. The average Bonchev–Trinajstić information content (AvgIpc) is 2.31. The van der Waals surface area contributed by atoms with Crippen LogP contribution in [-0.2, 0) is 12.6 Å². The molecule has 0 unspecified atom stereocenters. The van der Waals surface area contributed by atoms with Gasteiger partial charge in [-0.25, -0.2) is 0 Å². The third-order valence-corrected chi connectivity index (χ3v) is 3.38. The number of benzene rings is 1. The van der Waals surface area contributed by atoms with Gasteiger partial charge in [-0.2, -0.15) is 13.2 Å². The Kier molecular flexibility index (Phi) is 5.98. The largest absolute Gasteiger partial charge is 0.418 e. The van der Waals surface area contributed by atoms with Crippen LogP contribution in [0.15, 0.2) is 12.1 Å². The van der Waals surface area contributed by atoms with Crippen molar-refractivity contribution in [2.24, 2.45) is 0 Å². The highest BCUT2D eigenvalue weighted by atomic mass is 35.5. The van der Waals surface area contributed by atoms with E-state index in [0.29, 0.717) is 12.0 Å². The van der Waals surface area contributed by atoms with Gasteiger partial charge in [0.15, 0.2) is 0 Å². The molecule has 0 fully saturated rings. The molecule has 1 aromatic rings. The van der Waals surface area contributed by atoms with Gasteiger partial charge >= 0.3 is 6.18 Å². The van der Waals surface area contributed by atoms with Gasteiger partial charge in [0, 0.05) is 0 Å². The number of unbranched alkanes of at least 4 members (excludes halogenated alkanes) is 4. The Morgan fingerprint density at radius 1 is 1.11 bits per heavy atom. The second kappa shape index (κ2) is 7.04. The number of nitrogen functional groups attached to an aromatic ring is 1. The van der Waals surface area contributed by atoms with E-state index in [-0.39, 0.29) is 10.7 Å². The lowest BCUT2D eigenvalue weighted by Gasteiger charge is -2.13. The summed E-state index contributed by atoms with van der Waals surface area (Å²) in [7, 11) is 0. The highest BCUT2D eigenvalue weighted by Crippen LogP contribution is 2.38. The fraction of sp³-hybridized carbons (Fsp3) is 0.571. The standard InChI is InChI=1S/C14H19ClF3N/c1-2-3-4-5-6-7-10-8-11(14(16,17)18)13(19)12(15)9-10/h8-9H,2-7,19H2,1H3.